The van der Waals surface area contributed by atoms with Gasteiger partial charge in [-0.2, -0.15) is 0 Å². The summed E-state index contributed by atoms with van der Waals surface area (Å²) >= 11 is 0. The van der Waals surface area contributed by atoms with Crippen molar-refractivity contribution in [3.05, 3.63) is 42.2 Å². The summed E-state index contributed by atoms with van der Waals surface area (Å²) in [5.41, 5.74) is 3.39. The van der Waals surface area contributed by atoms with Crippen LogP contribution in [0, 0.1) is 12.8 Å². The van der Waals surface area contributed by atoms with E-state index in [1.165, 1.54) is 0 Å². The molecule has 0 aromatic carbocycles. The Morgan fingerprint density at radius 2 is 1.90 bits per heavy atom. The molecule has 3 heterocycles. The van der Waals surface area contributed by atoms with Crippen molar-refractivity contribution in [2.75, 3.05) is 39.4 Å². The molecule has 0 spiro atoms. The average molecular weight is 410 g/mol. The lowest BCUT2D eigenvalue weighted by atomic mass is 9.79. The van der Waals surface area contributed by atoms with Gasteiger partial charge in [0, 0.05) is 49.7 Å². The van der Waals surface area contributed by atoms with Crippen LogP contribution in [0.5, 0.6) is 0 Å². The maximum atomic E-state index is 12.3. The summed E-state index contributed by atoms with van der Waals surface area (Å²) in [4.78, 5) is 27.8. The molecule has 0 bridgehead atoms. The first-order valence-electron chi connectivity index (χ1n) is 11.0. The Morgan fingerprint density at radius 1 is 1.17 bits per heavy atom. The number of aryl methyl sites for hydroxylation is 1. The quantitative estimate of drug-likeness (QED) is 0.790. The smallest absolute Gasteiger partial charge is 0.234 e. The summed E-state index contributed by atoms with van der Waals surface area (Å²) in [6, 6.07) is 4.04. The van der Waals surface area contributed by atoms with Crippen LogP contribution in [0.25, 0.3) is 11.1 Å². The third kappa shape index (κ3) is 5.40. The molecule has 30 heavy (non-hydrogen) atoms. The average Bonchev–Trinajstić information content (AvgIpc) is 2.79. The third-order valence-corrected chi connectivity index (χ3v) is 6.22. The van der Waals surface area contributed by atoms with Crippen LogP contribution in [0.2, 0.25) is 0 Å². The van der Waals surface area contributed by atoms with Gasteiger partial charge in [0.1, 0.15) is 5.82 Å². The molecule has 2 aromatic rings. The van der Waals surface area contributed by atoms with Gasteiger partial charge in [-0.15, -0.1) is 0 Å². The first kappa shape index (κ1) is 20.9. The number of ether oxygens (including phenoxy) is 1. The molecule has 1 amide bonds. The first-order chi connectivity index (χ1) is 14.7. The van der Waals surface area contributed by atoms with Crippen LogP contribution in [0.1, 0.15) is 43.1 Å². The number of amides is 1. The van der Waals surface area contributed by atoms with Crippen molar-refractivity contribution >= 4 is 5.91 Å². The highest BCUT2D eigenvalue weighted by molar-refractivity contribution is 5.78. The van der Waals surface area contributed by atoms with Gasteiger partial charge in [-0.25, -0.2) is 9.97 Å². The number of morpholine rings is 1. The van der Waals surface area contributed by atoms with E-state index in [1.54, 1.807) is 0 Å². The number of pyridine rings is 1. The lowest BCUT2D eigenvalue weighted by Gasteiger charge is -2.30. The Kier molecular flexibility index (Phi) is 7.02. The number of hydrogen-bond acceptors (Lipinski definition) is 6. The summed E-state index contributed by atoms with van der Waals surface area (Å²) in [6.07, 6.45) is 10.00. The predicted molar refractivity (Wildman–Crippen MR) is 115 cm³/mol. The minimum absolute atomic E-state index is 0.130. The fourth-order valence-corrected chi connectivity index (χ4v) is 4.47. The van der Waals surface area contributed by atoms with Crippen LogP contribution in [-0.4, -0.2) is 65.2 Å². The van der Waals surface area contributed by atoms with Gasteiger partial charge in [-0.05, 0) is 56.2 Å². The number of hydrogen-bond donors (Lipinski definition) is 1. The SMILES string of the molecule is Cc1ncc(-c2ccncc2)c(C2CCC(CNC(=O)CN3CCOCC3)CC2)n1. The number of nitrogens with one attached hydrogen (secondary N) is 1. The van der Waals surface area contributed by atoms with E-state index in [0.717, 1.165) is 81.2 Å². The second kappa shape index (κ2) is 10.1. The maximum Gasteiger partial charge on any atom is 0.234 e. The standard InChI is InChI=1S/C23H31N5O2/c1-17-25-15-21(19-6-8-24-9-7-19)23(27-17)20-4-2-18(3-5-20)14-26-22(29)16-28-10-12-30-13-11-28/h6-9,15,18,20H,2-5,10-14,16H2,1H3,(H,26,29). The minimum atomic E-state index is 0.130. The zero-order valence-electron chi connectivity index (χ0n) is 17.7. The van der Waals surface area contributed by atoms with Crippen molar-refractivity contribution in [1.29, 1.82) is 0 Å². The molecular weight excluding hydrogens is 378 g/mol. The summed E-state index contributed by atoms with van der Waals surface area (Å²) in [6.45, 7) is 6.34. The van der Waals surface area contributed by atoms with E-state index in [1.807, 2.05) is 37.6 Å². The Hall–Kier alpha value is -2.38. The molecule has 2 fully saturated rings. The molecule has 1 aliphatic heterocycles. The van der Waals surface area contributed by atoms with Crippen LogP contribution in [0.3, 0.4) is 0 Å². The van der Waals surface area contributed by atoms with E-state index in [4.69, 9.17) is 9.72 Å². The highest BCUT2D eigenvalue weighted by Gasteiger charge is 2.26. The van der Waals surface area contributed by atoms with Crippen LogP contribution >= 0.6 is 0 Å². The Morgan fingerprint density at radius 3 is 2.63 bits per heavy atom. The lowest BCUT2D eigenvalue weighted by molar-refractivity contribution is -0.123. The fourth-order valence-electron chi connectivity index (χ4n) is 4.47. The number of aromatic nitrogens is 3. The summed E-state index contributed by atoms with van der Waals surface area (Å²) in [5, 5.41) is 3.15. The van der Waals surface area contributed by atoms with Gasteiger partial charge >= 0.3 is 0 Å². The van der Waals surface area contributed by atoms with Crippen molar-refractivity contribution in [2.45, 2.75) is 38.5 Å². The summed E-state index contributed by atoms with van der Waals surface area (Å²) in [7, 11) is 0. The minimum Gasteiger partial charge on any atom is -0.379 e. The molecule has 1 saturated heterocycles. The number of carbonyl (C=O) groups is 1. The van der Waals surface area contributed by atoms with Crippen LogP contribution in [0.4, 0.5) is 0 Å². The van der Waals surface area contributed by atoms with E-state index in [2.05, 4.69) is 20.2 Å². The molecule has 0 radical (unpaired) electrons. The fraction of sp³-hybridized carbons (Fsp3) is 0.565. The first-order valence-corrected chi connectivity index (χ1v) is 11.0. The Labute approximate surface area is 178 Å². The zero-order chi connectivity index (χ0) is 20.8. The van der Waals surface area contributed by atoms with Gasteiger partial charge in [-0.1, -0.05) is 0 Å². The summed E-state index contributed by atoms with van der Waals surface area (Å²) in [5.74, 6) is 1.93. The second-order valence-corrected chi connectivity index (χ2v) is 8.36. The van der Waals surface area contributed by atoms with E-state index in [9.17, 15) is 4.79 Å². The van der Waals surface area contributed by atoms with E-state index >= 15 is 0 Å². The van der Waals surface area contributed by atoms with Crippen LogP contribution in [0.15, 0.2) is 30.7 Å². The van der Waals surface area contributed by atoms with Crippen molar-refractivity contribution in [3.63, 3.8) is 0 Å². The van der Waals surface area contributed by atoms with Crippen molar-refractivity contribution in [2.24, 2.45) is 5.92 Å². The second-order valence-electron chi connectivity index (χ2n) is 8.36. The van der Waals surface area contributed by atoms with Gasteiger partial charge < -0.3 is 10.1 Å². The van der Waals surface area contributed by atoms with Crippen molar-refractivity contribution < 1.29 is 9.53 Å². The molecule has 0 atom stereocenters. The molecule has 4 rings (SSSR count). The third-order valence-electron chi connectivity index (χ3n) is 6.22. The normalized spacial score (nSPS) is 22.6. The van der Waals surface area contributed by atoms with Gasteiger partial charge in [0.25, 0.3) is 0 Å². The van der Waals surface area contributed by atoms with E-state index < -0.39 is 0 Å². The Balaban J connectivity index is 1.30. The molecule has 2 aliphatic rings. The predicted octanol–water partition coefficient (Wildman–Crippen LogP) is 2.57. The molecule has 2 aromatic heterocycles. The molecular formula is C23H31N5O2. The van der Waals surface area contributed by atoms with E-state index in [0.29, 0.717) is 18.4 Å². The molecule has 7 nitrogen and oxygen atoms in total. The highest BCUT2D eigenvalue weighted by atomic mass is 16.5. The number of rotatable bonds is 6. The Bertz CT molecular complexity index is 831. The lowest BCUT2D eigenvalue weighted by Crippen LogP contribution is -2.44. The van der Waals surface area contributed by atoms with Gasteiger partial charge in [0.05, 0.1) is 25.5 Å². The van der Waals surface area contributed by atoms with Gasteiger partial charge in [-0.3, -0.25) is 14.7 Å². The number of carbonyl (C=O) groups excluding carboxylic acids is 1. The molecule has 1 saturated carbocycles. The number of nitrogens with zero attached hydrogens (tertiary/aromatic N) is 4. The monoisotopic (exact) mass is 409 g/mol. The van der Waals surface area contributed by atoms with Crippen molar-refractivity contribution in [3.8, 4) is 11.1 Å². The van der Waals surface area contributed by atoms with E-state index in [-0.39, 0.29) is 5.91 Å². The summed E-state index contributed by atoms with van der Waals surface area (Å²) < 4.78 is 5.34. The van der Waals surface area contributed by atoms with Gasteiger partial charge in [0.2, 0.25) is 5.91 Å². The zero-order valence-corrected chi connectivity index (χ0v) is 17.7. The largest absolute Gasteiger partial charge is 0.379 e. The molecule has 7 heteroatoms. The molecule has 1 aliphatic carbocycles. The molecule has 160 valence electrons. The maximum absolute atomic E-state index is 12.3. The van der Waals surface area contributed by atoms with Crippen LogP contribution < -0.4 is 5.32 Å². The highest BCUT2D eigenvalue weighted by Crippen LogP contribution is 2.38. The van der Waals surface area contributed by atoms with Crippen LogP contribution in [-0.2, 0) is 9.53 Å². The molecule has 0 unspecified atom stereocenters. The van der Waals surface area contributed by atoms with Gasteiger partial charge in [0.15, 0.2) is 0 Å². The molecule has 1 N–H and O–H groups in total. The topological polar surface area (TPSA) is 80.2 Å². The van der Waals surface area contributed by atoms with Crippen molar-refractivity contribution in [1.82, 2.24) is 25.2 Å².